The number of benzene rings is 1. The highest BCUT2D eigenvalue weighted by Crippen LogP contribution is 2.24. The average Bonchev–Trinajstić information content (AvgIpc) is 2.40. The van der Waals surface area contributed by atoms with Crippen molar-refractivity contribution in [1.29, 1.82) is 0 Å². The van der Waals surface area contributed by atoms with Crippen LogP contribution in [0.4, 0.5) is 5.69 Å². The van der Waals surface area contributed by atoms with Crippen LogP contribution in [0.25, 0.3) is 11.3 Å². The number of nitrogens with zero attached hydrogens (tertiary/aromatic N) is 1. The van der Waals surface area contributed by atoms with E-state index in [0.29, 0.717) is 0 Å². The van der Waals surface area contributed by atoms with Crippen LogP contribution >= 0.6 is 0 Å². The second-order valence-corrected chi connectivity index (χ2v) is 4.10. The lowest BCUT2D eigenvalue weighted by atomic mass is 10.0. The summed E-state index contributed by atoms with van der Waals surface area (Å²) in [7, 11) is 1.93. The monoisotopic (exact) mass is 226 g/mol. The fourth-order valence-electron chi connectivity index (χ4n) is 1.96. The van der Waals surface area contributed by atoms with Crippen LogP contribution in [0, 0.1) is 0 Å². The summed E-state index contributed by atoms with van der Waals surface area (Å²) in [6.07, 6.45) is 4.09. The molecule has 0 unspecified atom stereocenters. The van der Waals surface area contributed by atoms with Crippen molar-refractivity contribution in [3.8, 4) is 11.3 Å². The molecule has 0 fully saturated rings. The summed E-state index contributed by atoms with van der Waals surface area (Å²) in [5.74, 6) is 0. The van der Waals surface area contributed by atoms with E-state index in [1.807, 2.05) is 19.3 Å². The maximum atomic E-state index is 4.58. The summed E-state index contributed by atoms with van der Waals surface area (Å²) in [6, 6.07) is 12.6. The fraction of sp³-hybridized carbons (Fsp3) is 0.267. The van der Waals surface area contributed by atoms with Crippen molar-refractivity contribution in [1.82, 2.24) is 4.98 Å². The molecule has 0 bridgehead atoms. The van der Waals surface area contributed by atoms with E-state index in [2.05, 4.69) is 47.6 Å². The molecule has 0 atom stereocenters. The van der Waals surface area contributed by atoms with Gasteiger partial charge >= 0.3 is 0 Å². The summed E-state index contributed by atoms with van der Waals surface area (Å²) < 4.78 is 0. The van der Waals surface area contributed by atoms with Crippen LogP contribution in [0.15, 0.2) is 42.6 Å². The van der Waals surface area contributed by atoms with E-state index < -0.39 is 0 Å². The number of anilines is 1. The van der Waals surface area contributed by atoms with E-state index in [-0.39, 0.29) is 0 Å². The van der Waals surface area contributed by atoms with Crippen LogP contribution < -0.4 is 5.32 Å². The Bertz CT molecular complexity index is 478. The van der Waals surface area contributed by atoms with E-state index in [9.17, 15) is 0 Å². The van der Waals surface area contributed by atoms with Crippen LogP contribution in [-0.4, -0.2) is 12.0 Å². The number of hydrogen-bond acceptors (Lipinski definition) is 2. The predicted molar refractivity (Wildman–Crippen MR) is 73.2 cm³/mol. The van der Waals surface area contributed by atoms with Crippen LogP contribution in [0.1, 0.15) is 18.9 Å². The van der Waals surface area contributed by atoms with Crippen molar-refractivity contribution in [2.24, 2.45) is 0 Å². The number of rotatable bonds is 4. The first kappa shape index (κ1) is 11.6. The number of pyridine rings is 1. The third kappa shape index (κ3) is 2.64. The van der Waals surface area contributed by atoms with Gasteiger partial charge in [0.15, 0.2) is 0 Å². The second-order valence-electron chi connectivity index (χ2n) is 4.10. The maximum absolute atomic E-state index is 4.58. The molecule has 0 saturated heterocycles. The summed E-state index contributed by atoms with van der Waals surface area (Å²) in [5, 5.41) is 3.14. The molecule has 1 aromatic heterocycles. The molecule has 1 aromatic carbocycles. The van der Waals surface area contributed by atoms with Gasteiger partial charge in [-0.25, -0.2) is 0 Å². The lowest BCUT2D eigenvalue weighted by molar-refractivity contribution is 0.917. The SMILES string of the molecule is CCCc1cc(NC)cnc1-c1ccccc1. The molecule has 2 aromatic rings. The van der Waals surface area contributed by atoms with Crippen molar-refractivity contribution in [3.05, 3.63) is 48.2 Å². The van der Waals surface area contributed by atoms with Gasteiger partial charge in [0.2, 0.25) is 0 Å². The third-order valence-corrected chi connectivity index (χ3v) is 2.82. The first-order valence-electron chi connectivity index (χ1n) is 6.07. The second kappa shape index (κ2) is 5.48. The van der Waals surface area contributed by atoms with Gasteiger partial charge in [0.05, 0.1) is 17.6 Å². The van der Waals surface area contributed by atoms with Gasteiger partial charge in [0, 0.05) is 12.6 Å². The van der Waals surface area contributed by atoms with Crippen LogP contribution in [-0.2, 0) is 6.42 Å². The standard InChI is InChI=1S/C15H18N2/c1-3-7-13-10-14(16-2)11-17-15(13)12-8-5-4-6-9-12/h4-6,8-11,16H,3,7H2,1-2H3. The number of hydrogen-bond donors (Lipinski definition) is 1. The zero-order chi connectivity index (χ0) is 12.1. The molecule has 0 saturated carbocycles. The molecule has 0 aliphatic rings. The molecular formula is C15H18N2. The van der Waals surface area contributed by atoms with Gasteiger partial charge in [-0.05, 0) is 18.1 Å². The molecule has 2 rings (SSSR count). The molecule has 2 nitrogen and oxygen atoms in total. The van der Waals surface area contributed by atoms with E-state index in [1.165, 1.54) is 11.1 Å². The van der Waals surface area contributed by atoms with Gasteiger partial charge in [-0.15, -0.1) is 0 Å². The Kier molecular flexibility index (Phi) is 3.76. The highest BCUT2D eigenvalue weighted by atomic mass is 14.8. The van der Waals surface area contributed by atoms with Crippen molar-refractivity contribution >= 4 is 5.69 Å². The molecule has 0 aliphatic heterocycles. The Morgan fingerprint density at radius 1 is 1.18 bits per heavy atom. The number of aromatic nitrogens is 1. The van der Waals surface area contributed by atoms with Gasteiger partial charge in [-0.3, -0.25) is 4.98 Å². The zero-order valence-electron chi connectivity index (χ0n) is 10.4. The van der Waals surface area contributed by atoms with Crippen molar-refractivity contribution < 1.29 is 0 Å². The molecule has 0 amide bonds. The summed E-state index contributed by atoms with van der Waals surface area (Å²) in [5.41, 5.74) is 4.68. The predicted octanol–water partition coefficient (Wildman–Crippen LogP) is 3.74. The van der Waals surface area contributed by atoms with Gasteiger partial charge in [-0.2, -0.15) is 0 Å². The largest absolute Gasteiger partial charge is 0.387 e. The minimum Gasteiger partial charge on any atom is -0.387 e. The van der Waals surface area contributed by atoms with Crippen molar-refractivity contribution in [3.63, 3.8) is 0 Å². The molecule has 0 spiro atoms. The van der Waals surface area contributed by atoms with Gasteiger partial charge in [0.25, 0.3) is 0 Å². The molecule has 0 aliphatic carbocycles. The van der Waals surface area contributed by atoms with E-state index in [0.717, 1.165) is 24.2 Å². The minimum atomic E-state index is 1.06. The van der Waals surface area contributed by atoms with E-state index in [4.69, 9.17) is 0 Å². The molecule has 0 radical (unpaired) electrons. The highest BCUT2D eigenvalue weighted by Gasteiger charge is 2.06. The molecule has 2 heteroatoms. The van der Waals surface area contributed by atoms with Gasteiger partial charge < -0.3 is 5.32 Å². The molecule has 17 heavy (non-hydrogen) atoms. The normalized spacial score (nSPS) is 10.2. The van der Waals surface area contributed by atoms with Crippen molar-refractivity contribution in [2.45, 2.75) is 19.8 Å². The minimum absolute atomic E-state index is 1.06. The molecule has 1 N–H and O–H groups in total. The first-order chi connectivity index (χ1) is 8.35. The quantitative estimate of drug-likeness (QED) is 0.859. The maximum Gasteiger partial charge on any atom is 0.0735 e. The zero-order valence-corrected chi connectivity index (χ0v) is 10.4. The Hall–Kier alpha value is -1.83. The van der Waals surface area contributed by atoms with Crippen LogP contribution in [0.5, 0.6) is 0 Å². The average molecular weight is 226 g/mol. The molecule has 88 valence electrons. The summed E-state index contributed by atoms with van der Waals surface area (Å²) in [6.45, 7) is 2.20. The highest BCUT2D eigenvalue weighted by molar-refractivity contribution is 5.65. The molecule has 1 heterocycles. The van der Waals surface area contributed by atoms with Crippen molar-refractivity contribution in [2.75, 3.05) is 12.4 Å². The Morgan fingerprint density at radius 2 is 1.94 bits per heavy atom. The topological polar surface area (TPSA) is 24.9 Å². The van der Waals surface area contributed by atoms with E-state index in [1.54, 1.807) is 0 Å². The summed E-state index contributed by atoms with van der Waals surface area (Å²) >= 11 is 0. The van der Waals surface area contributed by atoms with E-state index >= 15 is 0 Å². The summed E-state index contributed by atoms with van der Waals surface area (Å²) in [4.78, 5) is 4.58. The van der Waals surface area contributed by atoms with Gasteiger partial charge in [0.1, 0.15) is 0 Å². The Labute approximate surface area is 103 Å². The van der Waals surface area contributed by atoms with Crippen LogP contribution in [0.2, 0.25) is 0 Å². The number of nitrogens with one attached hydrogen (secondary N) is 1. The van der Waals surface area contributed by atoms with Crippen LogP contribution in [0.3, 0.4) is 0 Å². The Morgan fingerprint density at radius 3 is 2.59 bits per heavy atom. The number of aryl methyl sites for hydroxylation is 1. The van der Waals surface area contributed by atoms with Gasteiger partial charge in [-0.1, -0.05) is 43.7 Å². The lowest BCUT2D eigenvalue weighted by Gasteiger charge is -2.10. The Balaban J connectivity index is 2.46. The third-order valence-electron chi connectivity index (χ3n) is 2.82. The smallest absolute Gasteiger partial charge is 0.0735 e. The lowest BCUT2D eigenvalue weighted by Crippen LogP contribution is -1.97. The molecular weight excluding hydrogens is 208 g/mol. The fourth-order valence-corrected chi connectivity index (χ4v) is 1.96. The first-order valence-corrected chi connectivity index (χ1v) is 6.07.